The summed E-state index contributed by atoms with van der Waals surface area (Å²) in [5.41, 5.74) is 3.19. The van der Waals surface area contributed by atoms with Gasteiger partial charge in [-0.2, -0.15) is 0 Å². The van der Waals surface area contributed by atoms with Crippen LogP contribution in [0.4, 0.5) is 10.1 Å². The number of carbonyl (C=O) groups excluding carboxylic acids is 1. The number of aromatic nitrogens is 3. The average Bonchev–Trinajstić information content (AvgIpc) is 3.06. The Bertz CT molecular complexity index is 921. The van der Waals surface area contributed by atoms with Crippen molar-refractivity contribution >= 4 is 23.4 Å². The van der Waals surface area contributed by atoms with Gasteiger partial charge in [-0.3, -0.25) is 9.89 Å². The van der Waals surface area contributed by atoms with Gasteiger partial charge in [-0.05, 0) is 44.0 Å². The molecule has 0 spiro atoms. The Morgan fingerprint density at radius 3 is 2.54 bits per heavy atom. The maximum absolute atomic E-state index is 13.8. The number of halogens is 1. The van der Waals surface area contributed by atoms with Gasteiger partial charge in [-0.15, -0.1) is 5.10 Å². The van der Waals surface area contributed by atoms with Crippen LogP contribution in [0.1, 0.15) is 18.1 Å². The van der Waals surface area contributed by atoms with Crippen molar-refractivity contribution in [2.24, 2.45) is 0 Å². The summed E-state index contributed by atoms with van der Waals surface area (Å²) in [5, 5.41) is 9.75. The van der Waals surface area contributed by atoms with Crippen LogP contribution in [0, 0.1) is 19.7 Å². The van der Waals surface area contributed by atoms with E-state index in [0.29, 0.717) is 16.5 Å². The van der Waals surface area contributed by atoms with E-state index in [2.05, 4.69) is 20.5 Å². The number of nitrogens with one attached hydrogen (secondary N) is 2. The van der Waals surface area contributed by atoms with Crippen LogP contribution in [0.2, 0.25) is 0 Å². The van der Waals surface area contributed by atoms with Crippen LogP contribution in [0.3, 0.4) is 0 Å². The van der Waals surface area contributed by atoms with Gasteiger partial charge in [0.1, 0.15) is 5.82 Å². The monoisotopic (exact) mass is 370 g/mol. The van der Waals surface area contributed by atoms with Crippen LogP contribution in [0.15, 0.2) is 47.6 Å². The van der Waals surface area contributed by atoms with Crippen LogP contribution in [0.5, 0.6) is 0 Å². The van der Waals surface area contributed by atoms with Crippen LogP contribution in [-0.4, -0.2) is 26.3 Å². The molecule has 134 valence electrons. The number of nitrogens with zero attached hydrogens (tertiary/aromatic N) is 2. The van der Waals surface area contributed by atoms with Crippen LogP contribution in [-0.2, 0) is 4.79 Å². The third kappa shape index (κ3) is 3.94. The molecule has 0 radical (unpaired) electrons. The minimum absolute atomic E-state index is 0.135. The molecule has 1 amide bonds. The molecule has 0 fully saturated rings. The Morgan fingerprint density at radius 1 is 1.15 bits per heavy atom. The van der Waals surface area contributed by atoms with E-state index >= 15 is 0 Å². The minimum atomic E-state index is -0.404. The number of benzene rings is 2. The fourth-order valence-electron chi connectivity index (χ4n) is 2.52. The highest BCUT2D eigenvalue weighted by atomic mass is 32.2. The summed E-state index contributed by atoms with van der Waals surface area (Å²) in [7, 11) is 0. The Balaban J connectivity index is 1.69. The molecule has 1 unspecified atom stereocenters. The van der Waals surface area contributed by atoms with Crippen LogP contribution in [0.25, 0.3) is 11.4 Å². The van der Waals surface area contributed by atoms with Crippen molar-refractivity contribution in [3.8, 4) is 11.4 Å². The Labute approximate surface area is 155 Å². The van der Waals surface area contributed by atoms with Crippen molar-refractivity contribution in [1.29, 1.82) is 0 Å². The van der Waals surface area contributed by atoms with Gasteiger partial charge in [-0.1, -0.05) is 42.1 Å². The highest BCUT2D eigenvalue weighted by Crippen LogP contribution is 2.26. The molecule has 1 heterocycles. The Kier molecular flexibility index (Phi) is 5.37. The summed E-state index contributed by atoms with van der Waals surface area (Å²) in [6.07, 6.45) is 0. The van der Waals surface area contributed by atoms with E-state index in [1.165, 1.54) is 17.8 Å². The number of amides is 1. The Hall–Kier alpha value is -2.67. The zero-order chi connectivity index (χ0) is 18.7. The molecule has 0 saturated carbocycles. The molecule has 0 saturated heterocycles. The lowest BCUT2D eigenvalue weighted by Crippen LogP contribution is -2.23. The topological polar surface area (TPSA) is 70.7 Å². The largest absolute Gasteiger partial charge is 0.325 e. The molecule has 0 aliphatic carbocycles. The first-order chi connectivity index (χ1) is 12.5. The number of aromatic amines is 1. The van der Waals surface area contributed by atoms with E-state index in [1.54, 1.807) is 25.1 Å². The third-order valence-corrected chi connectivity index (χ3v) is 4.94. The lowest BCUT2D eigenvalue weighted by Gasteiger charge is -2.14. The van der Waals surface area contributed by atoms with Crippen molar-refractivity contribution in [3.63, 3.8) is 0 Å². The standard InChI is InChI=1S/C19H19FN4OS/c1-11-7-6-8-12(2)16(11)21-18(25)13(3)26-19-22-17(23-24-19)14-9-4-5-10-15(14)20/h4-10,13H,1-3H3,(H,21,25)(H,22,23,24). The number of anilines is 1. The molecule has 0 aliphatic rings. The number of H-pyrrole nitrogens is 1. The second-order valence-corrected chi connectivity index (χ2v) is 7.27. The molecule has 5 nitrogen and oxygen atoms in total. The molecule has 1 aromatic heterocycles. The summed E-state index contributed by atoms with van der Waals surface area (Å²) in [6, 6.07) is 12.2. The fraction of sp³-hybridized carbons (Fsp3) is 0.211. The Morgan fingerprint density at radius 2 is 1.85 bits per heavy atom. The quantitative estimate of drug-likeness (QED) is 0.655. The van der Waals surface area contributed by atoms with Gasteiger partial charge in [0.15, 0.2) is 5.82 Å². The molecular weight excluding hydrogens is 351 g/mol. The third-order valence-electron chi connectivity index (χ3n) is 3.97. The van der Waals surface area contributed by atoms with E-state index in [0.717, 1.165) is 16.8 Å². The average molecular weight is 370 g/mol. The van der Waals surface area contributed by atoms with Crippen molar-refractivity contribution in [2.45, 2.75) is 31.2 Å². The molecule has 3 rings (SSSR count). The minimum Gasteiger partial charge on any atom is -0.325 e. The summed E-state index contributed by atoms with van der Waals surface area (Å²) in [4.78, 5) is 16.8. The van der Waals surface area contributed by atoms with Crippen molar-refractivity contribution in [2.75, 3.05) is 5.32 Å². The number of aryl methyl sites for hydroxylation is 2. The first-order valence-electron chi connectivity index (χ1n) is 8.16. The second-order valence-electron chi connectivity index (χ2n) is 5.96. The summed E-state index contributed by atoms with van der Waals surface area (Å²) < 4.78 is 13.8. The lowest BCUT2D eigenvalue weighted by atomic mass is 10.1. The van der Waals surface area contributed by atoms with E-state index in [4.69, 9.17) is 0 Å². The molecule has 0 bridgehead atoms. The second kappa shape index (κ2) is 7.70. The number of rotatable bonds is 5. The summed E-state index contributed by atoms with van der Waals surface area (Å²) in [5.74, 6) is -0.168. The molecule has 2 N–H and O–H groups in total. The summed E-state index contributed by atoms with van der Waals surface area (Å²) >= 11 is 1.22. The molecule has 1 atom stereocenters. The van der Waals surface area contributed by atoms with Crippen LogP contribution < -0.4 is 5.32 Å². The van der Waals surface area contributed by atoms with Gasteiger partial charge >= 0.3 is 0 Å². The smallest absolute Gasteiger partial charge is 0.237 e. The normalized spacial score (nSPS) is 12.0. The van der Waals surface area contributed by atoms with Gasteiger partial charge in [0.2, 0.25) is 11.1 Å². The number of thioether (sulfide) groups is 1. The van der Waals surface area contributed by atoms with Gasteiger partial charge < -0.3 is 5.32 Å². The maximum atomic E-state index is 13.8. The number of hydrogen-bond donors (Lipinski definition) is 2. The van der Waals surface area contributed by atoms with E-state index < -0.39 is 5.25 Å². The number of hydrogen-bond acceptors (Lipinski definition) is 4. The molecular formula is C19H19FN4OS. The van der Waals surface area contributed by atoms with E-state index in [1.807, 2.05) is 32.0 Å². The van der Waals surface area contributed by atoms with E-state index in [-0.39, 0.29) is 11.7 Å². The highest BCUT2D eigenvalue weighted by Gasteiger charge is 2.19. The van der Waals surface area contributed by atoms with Gasteiger partial charge in [-0.25, -0.2) is 9.37 Å². The van der Waals surface area contributed by atoms with Crippen LogP contribution >= 0.6 is 11.8 Å². The van der Waals surface area contributed by atoms with Crippen molar-refractivity contribution < 1.29 is 9.18 Å². The van der Waals surface area contributed by atoms with Gasteiger partial charge in [0.05, 0.1) is 10.8 Å². The molecule has 26 heavy (non-hydrogen) atoms. The molecule has 2 aromatic carbocycles. The van der Waals surface area contributed by atoms with E-state index in [9.17, 15) is 9.18 Å². The maximum Gasteiger partial charge on any atom is 0.237 e. The van der Waals surface area contributed by atoms with Crippen molar-refractivity contribution in [3.05, 3.63) is 59.4 Å². The highest BCUT2D eigenvalue weighted by molar-refractivity contribution is 8.00. The molecule has 0 aliphatic heterocycles. The molecule has 3 aromatic rings. The van der Waals surface area contributed by atoms with Gasteiger partial charge in [0.25, 0.3) is 0 Å². The predicted octanol–water partition coefficient (Wildman–Crippen LogP) is 4.35. The van der Waals surface area contributed by atoms with Crippen molar-refractivity contribution in [1.82, 2.24) is 15.2 Å². The zero-order valence-corrected chi connectivity index (χ0v) is 15.5. The number of carbonyl (C=O) groups is 1. The summed E-state index contributed by atoms with van der Waals surface area (Å²) in [6.45, 7) is 5.69. The predicted molar refractivity (Wildman–Crippen MR) is 102 cm³/mol. The first kappa shape index (κ1) is 18.1. The fourth-order valence-corrected chi connectivity index (χ4v) is 3.25. The SMILES string of the molecule is Cc1cccc(C)c1NC(=O)C(C)Sc1n[nH]c(-c2ccccc2F)n1. The first-order valence-corrected chi connectivity index (χ1v) is 9.04. The zero-order valence-electron chi connectivity index (χ0n) is 14.7. The number of para-hydroxylation sites is 1. The molecule has 7 heteroatoms. The van der Waals surface area contributed by atoms with Gasteiger partial charge in [0, 0.05) is 5.69 Å². The lowest BCUT2D eigenvalue weighted by molar-refractivity contribution is -0.115.